The normalized spacial score (nSPS) is 17.2. The molecule has 34 heavy (non-hydrogen) atoms. The minimum Gasteiger partial charge on any atom is -0.445 e. The number of rotatable bonds is 6. The first kappa shape index (κ1) is 24.9. The zero-order valence-electron chi connectivity index (χ0n) is 19.4. The van der Waals surface area contributed by atoms with Gasteiger partial charge in [-0.15, -0.1) is 0 Å². The molecule has 1 aromatic heterocycles. The number of aromatic nitrogens is 1. The van der Waals surface area contributed by atoms with Gasteiger partial charge in [-0.3, -0.25) is 19.4 Å². The van der Waals surface area contributed by atoms with Gasteiger partial charge in [-0.05, 0) is 47.9 Å². The van der Waals surface area contributed by atoms with Gasteiger partial charge < -0.3 is 20.7 Å². The predicted octanol–water partition coefficient (Wildman–Crippen LogP) is 2.04. The van der Waals surface area contributed by atoms with E-state index in [0.29, 0.717) is 12.8 Å². The Morgan fingerprint density at radius 2 is 1.91 bits per heavy atom. The predicted molar refractivity (Wildman–Crippen MR) is 124 cm³/mol. The third kappa shape index (κ3) is 6.87. The molecular formula is C25H30N4O5. The van der Waals surface area contributed by atoms with Gasteiger partial charge in [-0.2, -0.15) is 0 Å². The number of nitrogens with zero attached hydrogens (tertiary/aromatic N) is 1. The molecule has 0 radical (unpaired) electrons. The zero-order valence-corrected chi connectivity index (χ0v) is 19.4. The van der Waals surface area contributed by atoms with Crippen molar-refractivity contribution >= 4 is 23.7 Å². The van der Waals surface area contributed by atoms with Crippen LogP contribution in [0.5, 0.6) is 0 Å². The zero-order chi connectivity index (χ0) is 24.5. The van der Waals surface area contributed by atoms with Crippen molar-refractivity contribution in [2.75, 3.05) is 0 Å². The molecule has 0 bridgehead atoms. The van der Waals surface area contributed by atoms with Gasteiger partial charge in [0.1, 0.15) is 12.6 Å². The number of benzene rings is 1. The fourth-order valence-corrected chi connectivity index (χ4v) is 3.73. The summed E-state index contributed by atoms with van der Waals surface area (Å²) in [4.78, 5) is 54.6. The van der Waals surface area contributed by atoms with Gasteiger partial charge in [-0.25, -0.2) is 4.79 Å². The number of ether oxygens (including phenoxy) is 1. The van der Waals surface area contributed by atoms with Crippen LogP contribution in [0, 0.1) is 5.92 Å². The maximum Gasteiger partial charge on any atom is 0.408 e. The second-order valence-electron chi connectivity index (χ2n) is 8.57. The highest BCUT2D eigenvalue weighted by atomic mass is 16.5. The molecule has 0 aliphatic carbocycles. The number of carbonyl (C=O) groups excluding carboxylic acids is 4. The van der Waals surface area contributed by atoms with Crippen molar-refractivity contribution in [2.45, 2.75) is 58.3 Å². The third-order valence-electron chi connectivity index (χ3n) is 5.67. The quantitative estimate of drug-likeness (QED) is 0.559. The second kappa shape index (κ2) is 11.9. The Balaban J connectivity index is 1.62. The van der Waals surface area contributed by atoms with Crippen LogP contribution in [0.15, 0.2) is 48.8 Å². The summed E-state index contributed by atoms with van der Waals surface area (Å²) < 4.78 is 5.22. The molecule has 0 saturated carbocycles. The van der Waals surface area contributed by atoms with E-state index in [4.69, 9.17) is 4.74 Å². The van der Waals surface area contributed by atoms with Gasteiger partial charge in [0.2, 0.25) is 11.7 Å². The fourth-order valence-electron chi connectivity index (χ4n) is 3.73. The standard InChI is InChI=1S/C25H30N4O5/c1-16(2)21(29-25(33)34-15-17-7-4-3-5-8-17)23(31)28-20-10-6-9-18-13-26-12-11-19(18)14-27-24(32)22(20)30/h3-5,7-8,11-13,16,20-21H,6,9-10,14-15H2,1-2H3,(H,27,32)(H,28,31)(H,29,33). The number of hydrogen-bond donors (Lipinski definition) is 3. The maximum absolute atomic E-state index is 13.0. The van der Waals surface area contributed by atoms with Crippen LogP contribution in [-0.2, 0) is 38.7 Å². The Morgan fingerprint density at radius 3 is 2.65 bits per heavy atom. The monoisotopic (exact) mass is 466 g/mol. The lowest BCUT2D eigenvalue weighted by atomic mass is 9.97. The lowest BCUT2D eigenvalue weighted by Crippen LogP contribution is -2.55. The van der Waals surface area contributed by atoms with E-state index in [1.807, 2.05) is 36.4 Å². The van der Waals surface area contributed by atoms with E-state index in [0.717, 1.165) is 16.7 Å². The van der Waals surface area contributed by atoms with Crippen molar-refractivity contribution in [3.05, 3.63) is 65.5 Å². The molecule has 3 amide bonds. The largest absolute Gasteiger partial charge is 0.445 e. The summed E-state index contributed by atoms with van der Waals surface area (Å²) in [5, 5.41) is 7.86. The Morgan fingerprint density at radius 1 is 1.15 bits per heavy atom. The number of pyridine rings is 1. The van der Waals surface area contributed by atoms with E-state index in [1.165, 1.54) is 0 Å². The molecule has 1 aliphatic heterocycles. The van der Waals surface area contributed by atoms with Gasteiger partial charge in [0.05, 0.1) is 6.04 Å². The molecule has 180 valence electrons. The van der Waals surface area contributed by atoms with E-state index < -0.39 is 35.8 Å². The average molecular weight is 467 g/mol. The number of hydrogen-bond acceptors (Lipinski definition) is 6. The lowest BCUT2D eigenvalue weighted by Gasteiger charge is -2.25. The Kier molecular flexibility index (Phi) is 8.73. The number of aryl methyl sites for hydroxylation is 1. The van der Waals surface area contributed by atoms with Crippen molar-refractivity contribution in [2.24, 2.45) is 5.92 Å². The van der Waals surface area contributed by atoms with Crippen LogP contribution in [0.25, 0.3) is 0 Å². The fraction of sp³-hybridized carbons (Fsp3) is 0.400. The number of Topliss-reactive ketones (excluding diaryl/α,β-unsaturated/α-hetero) is 1. The van der Waals surface area contributed by atoms with E-state index in [2.05, 4.69) is 20.9 Å². The minimum atomic E-state index is -0.992. The molecule has 2 aromatic rings. The van der Waals surface area contributed by atoms with E-state index in [1.54, 1.807) is 26.2 Å². The molecule has 0 saturated heterocycles. The van der Waals surface area contributed by atoms with Crippen molar-refractivity contribution in [1.29, 1.82) is 0 Å². The van der Waals surface area contributed by atoms with Crippen LogP contribution in [0.2, 0.25) is 0 Å². The second-order valence-corrected chi connectivity index (χ2v) is 8.57. The van der Waals surface area contributed by atoms with Crippen LogP contribution in [-0.4, -0.2) is 40.8 Å². The molecule has 2 atom stereocenters. The molecule has 1 aromatic carbocycles. The summed E-state index contributed by atoms with van der Waals surface area (Å²) in [7, 11) is 0. The summed E-state index contributed by atoms with van der Waals surface area (Å²) in [6, 6.07) is 9.07. The highest BCUT2D eigenvalue weighted by molar-refractivity contribution is 6.38. The summed E-state index contributed by atoms with van der Waals surface area (Å²) in [5.41, 5.74) is 2.72. The van der Waals surface area contributed by atoms with Crippen molar-refractivity contribution in [3.63, 3.8) is 0 Å². The van der Waals surface area contributed by atoms with Gasteiger partial charge in [0, 0.05) is 18.9 Å². The van der Waals surface area contributed by atoms with Gasteiger partial charge in [0.15, 0.2) is 0 Å². The van der Waals surface area contributed by atoms with Gasteiger partial charge in [0.25, 0.3) is 5.91 Å². The van der Waals surface area contributed by atoms with Crippen LogP contribution in [0.1, 0.15) is 43.4 Å². The SMILES string of the molecule is CC(C)C(NC(=O)OCc1ccccc1)C(=O)NC1CCCc2cnccc2CNC(=O)C1=O. The summed E-state index contributed by atoms with van der Waals surface area (Å²) in [6.07, 6.45) is 4.19. The number of ketones is 1. The minimum absolute atomic E-state index is 0.0662. The Hall–Kier alpha value is -3.75. The molecule has 0 fully saturated rings. The van der Waals surface area contributed by atoms with Crippen LogP contribution >= 0.6 is 0 Å². The highest BCUT2D eigenvalue weighted by Gasteiger charge is 2.32. The molecule has 1 aliphatic rings. The molecule has 2 heterocycles. The average Bonchev–Trinajstić information content (AvgIpc) is 2.84. The van der Waals surface area contributed by atoms with E-state index >= 15 is 0 Å². The molecule has 3 rings (SSSR count). The van der Waals surface area contributed by atoms with E-state index in [9.17, 15) is 19.2 Å². The van der Waals surface area contributed by atoms with Crippen LogP contribution < -0.4 is 16.0 Å². The van der Waals surface area contributed by atoms with Crippen molar-refractivity contribution in [3.8, 4) is 0 Å². The molecular weight excluding hydrogens is 436 g/mol. The van der Waals surface area contributed by atoms with Gasteiger partial charge in [-0.1, -0.05) is 44.2 Å². The van der Waals surface area contributed by atoms with Crippen molar-refractivity contribution in [1.82, 2.24) is 20.9 Å². The molecule has 2 unspecified atom stereocenters. The lowest BCUT2D eigenvalue weighted by molar-refractivity contribution is -0.140. The summed E-state index contributed by atoms with van der Waals surface area (Å²) >= 11 is 0. The Labute approximate surface area is 198 Å². The number of carbonyl (C=O) groups is 4. The van der Waals surface area contributed by atoms with Gasteiger partial charge >= 0.3 is 6.09 Å². The summed E-state index contributed by atoms with van der Waals surface area (Å²) in [6.45, 7) is 3.82. The number of amides is 3. The third-order valence-corrected chi connectivity index (χ3v) is 5.67. The number of alkyl carbamates (subject to hydrolysis) is 1. The molecule has 3 N–H and O–H groups in total. The molecule has 9 heteroatoms. The van der Waals surface area contributed by atoms with Crippen LogP contribution in [0.3, 0.4) is 0 Å². The smallest absolute Gasteiger partial charge is 0.408 e. The molecule has 0 spiro atoms. The molecule has 9 nitrogen and oxygen atoms in total. The first-order valence-corrected chi connectivity index (χ1v) is 11.4. The topological polar surface area (TPSA) is 126 Å². The van der Waals surface area contributed by atoms with Crippen LogP contribution in [0.4, 0.5) is 4.79 Å². The Bertz CT molecular complexity index is 1020. The summed E-state index contributed by atoms with van der Waals surface area (Å²) in [5.74, 6) is -2.28. The maximum atomic E-state index is 13.0. The van der Waals surface area contributed by atoms with E-state index in [-0.39, 0.29) is 25.5 Å². The van der Waals surface area contributed by atoms with Crippen molar-refractivity contribution < 1.29 is 23.9 Å². The number of fused-ring (bicyclic) bond motifs is 1. The number of nitrogens with one attached hydrogen (secondary N) is 3. The first-order chi connectivity index (χ1) is 16.3. The highest BCUT2D eigenvalue weighted by Crippen LogP contribution is 2.14. The first-order valence-electron chi connectivity index (χ1n) is 11.4.